The van der Waals surface area contributed by atoms with E-state index in [0.29, 0.717) is 19.5 Å². The monoisotopic (exact) mass is 358 g/mol. The number of benzene rings is 1. The average Bonchev–Trinajstić information content (AvgIpc) is 2.40. The van der Waals surface area contributed by atoms with Gasteiger partial charge in [-0.15, -0.1) is 11.8 Å². The summed E-state index contributed by atoms with van der Waals surface area (Å²) in [5.41, 5.74) is 5.67. The molecule has 0 aliphatic carbocycles. The van der Waals surface area contributed by atoms with Gasteiger partial charge in [0.15, 0.2) is 0 Å². The third-order valence-electron chi connectivity index (χ3n) is 3.05. The van der Waals surface area contributed by atoms with E-state index >= 15 is 0 Å². The maximum atomic E-state index is 12.1. The zero-order valence-corrected chi connectivity index (χ0v) is 14.8. The Labute approximate surface area is 134 Å². The number of hydrogen-bond acceptors (Lipinski definition) is 3. The smallest absolute Gasteiger partial charge is 0.223 e. The van der Waals surface area contributed by atoms with Gasteiger partial charge in [-0.25, -0.2) is 0 Å². The highest BCUT2D eigenvalue weighted by atomic mass is 79.9. The number of carbonyl (C=O) groups excluding carboxylic acids is 1. The van der Waals surface area contributed by atoms with Crippen LogP contribution in [0.3, 0.4) is 0 Å². The molecular weight excluding hydrogens is 336 g/mol. The third-order valence-corrected chi connectivity index (χ3v) is 5.08. The molecule has 2 N–H and O–H groups in total. The normalized spacial score (nSPS) is 11.4. The quantitative estimate of drug-likeness (QED) is 0.760. The number of thioether (sulfide) groups is 1. The lowest BCUT2D eigenvalue weighted by atomic mass is 9.93. The minimum Gasteiger partial charge on any atom is -0.345 e. The second-order valence-corrected chi connectivity index (χ2v) is 7.64. The summed E-state index contributed by atoms with van der Waals surface area (Å²) >= 11 is 5.21. The van der Waals surface area contributed by atoms with E-state index in [0.717, 1.165) is 10.2 Å². The van der Waals surface area contributed by atoms with Gasteiger partial charge in [-0.1, -0.05) is 26.0 Å². The molecule has 0 bridgehead atoms. The molecule has 0 aromatic heterocycles. The highest BCUT2D eigenvalue weighted by molar-refractivity contribution is 9.10. The van der Waals surface area contributed by atoms with Crippen molar-refractivity contribution in [3.05, 3.63) is 28.7 Å². The van der Waals surface area contributed by atoms with Crippen LogP contribution in [0.2, 0.25) is 0 Å². The summed E-state index contributed by atoms with van der Waals surface area (Å²) in [5.74, 6) is 0.959. The third kappa shape index (κ3) is 5.85. The van der Waals surface area contributed by atoms with Gasteiger partial charge in [0, 0.05) is 35.1 Å². The van der Waals surface area contributed by atoms with E-state index in [2.05, 4.69) is 35.8 Å². The largest absolute Gasteiger partial charge is 0.345 e. The van der Waals surface area contributed by atoms with Crippen molar-refractivity contribution < 1.29 is 4.79 Å². The van der Waals surface area contributed by atoms with E-state index in [-0.39, 0.29) is 11.3 Å². The lowest BCUT2D eigenvalue weighted by Crippen LogP contribution is -2.39. The van der Waals surface area contributed by atoms with Crippen LogP contribution < -0.4 is 5.73 Å². The highest BCUT2D eigenvalue weighted by Gasteiger charge is 2.20. The average molecular weight is 359 g/mol. The molecule has 1 amide bonds. The zero-order valence-electron chi connectivity index (χ0n) is 12.4. The van der Waals surface area contributed by atoms with E-state index in [1.54, 1.807) is 16.7 Å². The van der Waals surface area contributed by atoms with Crippen LogP contribution in [0.5, 0.6) is 0 Å². The number of nitrogens with two attached hydrogens (primary N) is 1. The molecule has 0 aliphatic heterocycles. The molecule has 0 saturated heterocycles. The van der Waals surface area contributed by atoms with Crippen LogP contribution in [-0.2, 0) is 4.79 Å². The number of hydrogen-bond donors (Lipinski definition) is 1. The van der Waals surface area contributed by atoms with Crippen molar-refractivity contribution in [2.45, 2.75) is 25.2 Å². The first-order valence-electron chi connectivity index (χ1n) is 6.67. The summed E-state index contributed by atoms with van der Waals surface area (Å²) in [7, 11) is 1.85. The van der Waals surface area contributed by atoms with Gasteiger partial charge in [-0.05, 0) is 40.0 Å². The summed E-state index contributed by atoms with van der Waals surface area (Å²) in [6.07, 6.45) is 0.545. The Kier molecular flexibility index (Phi) is 7.06. The van der Waals surface area contributed by atoms with Crippen molar-refractivity contribution in [1.29, 1.82) is 0 Å². The molecular formula is C15H23BrN2OS. The second kappa shape index (κ2) is 8.05. The Hall–Kier alpha value is -0.520. The van der Waals surface area contributed by atoms with Crippen LogP contribution in [0.25, 0.3) is 0 Å². The molecule has 0 atom stereocenters. The molecule has 1 aromatic rings. The molecule has 1 rings (SSSR count). The molecule has 5 heteroatoms. The minimum atomic E-state index is -0.0278. The van der Waals surface area contributed by atoms with Gasteiger partial charge in [0.1, 0.15) is 0 Å². The van der Waals surface area contributed by atoms with Gasteiger partial charge in [-0.3, -0.25) is 4.79 Å². The molecule has 0 unspecified atom stereocenters. The first-order chi connectivity index (χ1) is 9.35. The fraction of sp³-hybridized carbons (Fsp3) is 0.533. The van der Waals surface area contributed by atoms with Crippen molar-refractivity contribution in [2.24, 2.45) is 11.1 Å². The van der Waals surface area contributed by atoms with Crippen molar-refractivity contribution >= 4 is 33.6 Å². The maximum Gasteiger partial charge on any atom is 0.223 e. The molecule has 0 fully saturated rings. The van der Waals surface area contributed by atoms with Crippen LogP contribution in [0.15, 0.2) is 33.6 Å². The van der Waals surface area contributed by atoms with Crippen LogP contribution in [0.1, 0.15) is 20.3 Å². The first kappa shape index (κ1) is 17.5. The van der Waals surface area contributed by atoms with Crippen molar-refractivity contribution in [2.75, 3.05) is 25.9 Å². The minimum absolute atomic E-state index is 0.0278. The number of amides is 1. The fourth-order valence-corrected chi connectivity index (χ4v) is 3.30. The lowest BCUT2D eigenvalue weighted by Gasteiger charge is -2.29. The topological polar surface area (TPSA) is 46.3 Å². The Morgan fingerprint density at radius 2 is 2.05 bits per heavy atom. The molecule has 3 nitrogen and oxygen atoms in total. The Bertz CT molecular complexity index is 451. The molecule has 0 radical (unpaired) electrons. The lowest BCUT2D eigenvalue weighted by molar-refractivity contribution is -0.130. The van der Waals surface area contributed by atoms with Gasteiger partial charge in [0.2, 0.25) is 5.91 Å². The molecule has 0 aliphatic rings. The van der Waals surface area contributed by atoms with Gasteiger partial charge < -0.3 is 10.6 Å². The molecule has 0 heterocycles. The SMILES string of the molecule is CN(CC(C)(C)CN)C(=O)CCSc1ccccc1Br. The second-order valence-electron chi connectivity index (χ2n) is 5.65. The summed E-state index contributed by atoms with van der Waals surface area (Å²) in [5, 5.41) is 0. The van der Waals surface area contributed by atoms with E-state index in [1.807, 2.05) is 25.2 Å². The predicted molar refractivity (Wildman–Crippen MR) is 90.0 cm³/mol. The van der Waals surface area contributed by atoms with Crippen molar-refractivity contribution in [1.82, 2.24) is 4.90 Å². The summed E-state index contributed by atoms with van der Waals surface area (Å²) in [6.45, 7) is 5.43. The van der Waals surface area contributed by atoms with Crippen LogP contribution in [-0.4, -0.2) is 36.7 Å². The van der Waals surface area contributed by atoms with Crippen molar-refractivity contribution in [3.63, 3.8) is 0 Å². The molecule has 20 heavy (non-hydrogen) atoms. The summed E-state index contributed by atoms with van der Waals surface area (Å²) in [4.78, 5) is 15.0. The molecule has 1 aromatic carbocycles. The fourth-order valence-electron chi connectivity index (χ4n) is 1.80. The Balaban J connectivity index is 2.38. The van der Waals surface area contributed by atoms with Crippen LogP contribution in [0.4, 0.5) is 0 Å². The maximum absolute atomic E-state index is 12.1. The Morgan fingerprint density at radius 3 is 2.65 bits per heavy atom. The molecule has 0 spiro atoms. The van der Waals surface area contributed by atoms with E-state index in [4.69, 9.17) is 5.73 Å². The summed E-state index contributed by atoms with van der Waals surface area (Å²) in [6, 6.07) is 8.06. The number of rotatable bonds is 7. The van der Waals surface area contributed by atoms with Gasteiger partial charge in [0.25, 0.3) is 0 Å². The van der Waals surface area contributed by atoms with Crippen LogP contribution in [0, 0.1) is 5.41 Å². The van der Waals surface area contributed by atoms with Gasteiger partial charge >= 0.3 is 0 Å². The van der Waals surface area contributed by atoms with Crippen molar-refractivity contribution in [3.8, 4) is 0 Å². The standard InChI is InChI=1S/C15H23BrN2OS/c1-15(2,10-17)11-18(3)14(19)8-9-20-13-7-5-4-6-12(13)16/h4-7H,8-11,17H2,1-3H3. The van der Waals surface area contributed by atoms with Gasteiger partial charge in [0.05, 0.1) is 0 Å². The molecule has 112 valence electrons. The summed E-state index contributed by atoms with van der Waals surface area (Å²) < 4.78 is 1.08. The van der Waals surface area contributed by atoms with E-state index in [9.17, 15) is 4.79 Å². The van der Waals surface area contributed by atoms with Gasteiger partial charge in [-0.2, -0.15) is 0 Å². The van der Waals surface area contributed by atoms with E-state index in [1.165, 1.54) is 4.90 Å². The number of halogens is 1. The number of carbonyl (C=O) groups is 1. The first-order valence-corrected chi connectivity index (χ1v) is 8.45. The Morgan fingerprint density at radius 1 is 1.40 bits per heavy atom. The van der Waals surface area contributed by atoms with Crippen LogP contribution >= 0.6 is 27.7 Å². The van der Waals surface area contributed by atoms with E-state index < -0.39 is 0 Å². The zero-order chi connectivity index (χ0) is 15.2. The number of nitrogens with zero attached hydrogens (tertiary/aromatic N) is 1. The molecule has 0 saturated carbocycles. The highest BCUT2D eigenvalue weighted by Crippen LogP contribution is 2.27. The predicted octanol–water partition coefficient (Wildman–Crippen LogP) is 3.37.